The fourth-order valence-electron chi connectivity index (χ4n) is 4.14. The van der Waals surface area contributed by atoms with Crippen molar-refractivity contribution >= 4 is 0 Å². The van der Waals surface area contributed by atoms with Crippen molar-refractivity contribution in [3.63, 3.8) is 0 Å². The van der Waals surface area contributed by atoms with Gasteiger partial charge in [-0.3, -0.25) is 0 Å². The van der Waals surface area contributed by atoms with Crippen molar-refractivity contribution < 1.29 is 70.0 Å². The Labute approximate surface area is 182 Å². The van der Waals surface area contributed by atoms with Crippen LogP contribution < -0.4 is 0 Å². The predicted octanol–water partition coefficient (Wildman–Crippen LogP) is -6.13. The number of rotatable bonds is 4. The molecule has 0 aromatic heterocycles. The second-order valence-electron chi connectivity index (χ2n) is 8.58. The monoisotopic (exact) mass is 472 g/mol. The Balaban J connectivity index is 1.75. The number of aliphatic hydroxyl groups is 10. The molecule has 188 valence electrons. The first-order valence-electron chi connectivity index (χ1n) is 10.3. The highest BCUT2D eigenvalue weighted by Crippen LogP contribution is 2.37. The van der Waals surface area contributed by atoms with E-state index in [1.807, 2.05) is 0 Å². The second kappa shape index (κ2) is 9.59. The zero-order valence-corrected chi connectivity index (χ0v) is 17.4. The van der Waals surface area contributed by atoms with Crippen molar-refractivity contribution in [3.05, 3.63) is 0 Å². The predicted molar refractivity (Wildman–Crippen MR) is 98.5 cm³/mol. The first-order chi connectivity index (χ1) is 14.8. The molecule has 14 nitrogen and oxygen atoms in total. The van der Waals surface area contributed by atoms with Gasteiger partial charge in [-0.05, 0) is 13.8 Å². The molecule has 3 saturated heterocycles. The fourth-order valence-corrected chi connectivity index (χ4v) is 4.14. The van der Waals surface area contributed by atoms with Gasteiger partial charge in [-0.1, -0.05) is 0 Å². The van der Waals surface area contributed by atoms with E-state index < -0.39 is 98.0 Å². The Morgan fingerprint density at radius 3 is 1.78 bits per heavy atom. The summed E-state index contributed by atoms with van der Waals surface area (Å²) < 4.78 is 21.3. The Hall–Kier alpha value is -0.560. The highest BCUT2D eigenvalue weighted by molar-refractivity contribution is 5.05. The third-order valence-corrected chi connectivity index (χ3v) is 6.31. The fraction of sp³-hybridized carbons (Fsp3) is 1.00. The van der Waals surface area contributed by atoms with E-state index >= 15 is 0 Å². The molecule has 0 amide bonds. The zero-order valence-electron chi connectivity index (χ0n) is 17.4. The third kappa shape index (κ3) is 4.42. The van der Waals surface area contributed by atoms with Gasteiger partial charge in [0.25, 0.3) is 0 Å². The molecule has 0 radical (unpaired) electrons. The molecule has 0 spiro atoms. The van der Waals surface area contributed by atoms with Gasteiger partial charge >= 0.3 is 0 Å². The van der Waals surface area contributed by atoms with Gasteiger partial charge in [0, 0.05) is 0 Å². The number of hydrogen-bond acceptors (Lipinski definition) is 14. The molecule has 15 atom stereocenters. The Kier molecular flexibility index (Phi) is 7.81. The summed E-state index contributed by atoms with van der Waals surface area (Å²) in [5, 5.41) is 102. The third-order valence-electron chi connectivity index (χ3n) is 6.31. The molecule has 0 aromatic carbocycles. The lowest BCUT2D eigenvalue weighted by molar-refractivity contribution is -0.408. The topological polar surface area (TPSA) is 239 Å². The van der Waals surface area contributed by atoms with Crippen molar-refractivity contribution in [2.75, 3.05) is 6.61 Å². The molecule has 0 aromatic rings. The molecule has 3 aliphatic rings. The molecular formula is C18H32O14. The summed E-state index contributed by atoms with van der Waals surface area (Å²) in [5.74, 6) is -2.85. The summed E-state index contributed by atoms with van der Waals surface area (Å²) in [6, 6.07) is 0. The highest BCUT2D eigenvalue weighted by Gasteiger charge is 2.62. The average Bonchev–Trinajstić information content (AvgIpc) is 2.76. The van der Waals surface area contributed by atoms with Crippen LogP contribution in [-0.4, -0.2) is 149 Å². The van der Waals surface area contributed by atoms with Crippen LogP contribution in [0.1, 0.15) is 13.8 Å². The standard InChI is InChI=1S/C18H32O14/c1-4-7(19)10(22)13(25)16(30-4)18(28)15(27)12(24)9(21)6(32-18)3-29-17-14(26)11(23)8(20)5(2)31-17/h4-17,19-28H,3H2,1-2H3/t4-,5-,6+,7-,8-,9+,10+,11+,12-,13+,14+,15+,16?,17+,18-/m0/s1. The normalized spacial score (nSPS) is 57.4. The second-order valence-corrected chi connectivity index (χ2v) is 8.58. The van der Waals surface area contributed by atoms with E-state index in [2.05, 4.69) is 0 Å². The number of aliphatic hydroxyl groups excluding tert-OH is 9. The summed E-state index contributed by atoms with van der Waals surface area (Å²) in [4.78, 5) is 0. The Morgan fingerprint density at radius 1 is 0.656 bits per heavy atom. The molecular weight excluding hydrogens is 440 g/mol. The van der Waals surface area contributed by atoms with Gasteiger partial charge < -0.3 is 70.0 Å². The van der Waals surface area contributed by atoms with Crippen molar-refractivity contribution in [3.8, 4) is 0 Å². The van der Waals surface area contributed by atoms with Crippen molar-refractivity contribution in [1.29, 1.82) is 0 Å². The molecule has 32 heavy (non-hydrogen) atoms. The van der Waals surface area contributed by atoms with Gasteiger partial charge in [0.15, 0.2) is 6.29 Å². The van der Waals surface area contributed by atoms with Crippen molar-refractivity contribution in [2.24, 2.45) is 0 Å². The summed E-state index contributed by atoms with van der Waals surface area (Å²) in [6.07, 6.45) is -22.8. The van der Waals surface area contributed by atoms with Gasteiger partial charge in [0.1, 0.15) is 67.1 Å². The van der Waals surface area contributed by atoms with Gasteiger partial charge in [0.05, 0.1) is 18.8 Å². The smallest absolute Gasteiger partial charge is 0.225 e. The van der Waals surface area contributed by atoms with Crippen LogP contribution >= 0.6 is 0 Å². The van der Waals surface area contributed by atoms with Crippen LogP contribution in [0.15, 0.2) is 0 Å². The van der Waals surface area contributed by atoms with Crippen LogP contribution in [-0.2, 0) is 18.9 Å². The van der Waals surface area contributed by atoms with Crippen LogP contribution in [0.4, 0.5) is 0 Å². The zero-order chi connectivity index (χ0) is 24.1. The molecule has 0 saturated carbocycles. The molecule has 0 bridgehead atoms. The van der Waals surface area contributed by atoms with E-state index in [4.69, 9.17) is 18.9 Å². The van der Waals surface area contributed by atoms with E-state index in [1.54, 1.807) is 0 Å². The lowest BCUT2D eigenvalue weighted by Crippen LogP contribution is -2.74. The Bertz CT molecular complexity index is 639. The molecule has 10 N–H and O–H groups in total. The summed E-state index contributed by atoms with van der Waals surface area (Å²) in [5.41, 5.74) is 0. The molecule has 3 aliphatic heterocycles. The first kappa shape index (κ1) is 26.1. The average molecular weight is 472 g/mol. The van der Waals surface area contributed by atoms with E-state index in [0.717, 1.165) is 0 Å². The molecule has 0 aliphatic carbocycles. The molecule has 14 heteroatoms. The van der Waals surface area contributed by atoms with E-state index in [9.17, 15) is 51.1 Å². The molecule has 3 heterocycles. The summed E-state index contributed by atoms with van der Waals surface area (Å²) in [7, 11) is 0. The van der Waals surface area contributed by atoms with E-state index in [1.165, 1.54) is 13.8 Å². The van der Waals surface area contributed by atoms with Gasteiger partial charge in [-0.2, -0.15) is 0 Å². The van der Waals surface area contributed by atoms with Gasteiger partial charge in [-0.15, -0.1) is 0 Å². The van der Waals surface area contributed by atoms with Crippen molar-refractivity contribution in [2.45, 2.75) is 105 Å². The van der Waals surface area contributed by atoms with E-state index in [0.29, 0.717) is 0 Å². The van der Waals surface area contributed by atoms with Crippen LogP contribution in [0.25, 0.3) is 0 Å². The minimum absolute atomic E-state index is 0.645. The lowest BCUT2D eigenvalue weighted by atomic mass is 9.83. The maximum absolute atomic E-state index is 11.0. The summed E-state index contributed by atoms with van der Waals surface area (Å²) >= 11 is 0. The molecule has 1 unspecified atom stereocenters. The first-order valence-corrected chi connectivity index (χ1v) is 10.3. The number of hydrogen-bond donors (Lipinski definition) is 10. The van der Waals surface area contributed by atoms with Gasteiger partial charge in [0.2, 0.25) is 5.79 Å². The van der Waals surface area contributed by atoms with E-state index in [-0.39, 0.29) is 0 Å². The maximum atomic E-state index is 11.0. The lowest BCUT2D eigenvalue weighted by Gasteiger charge is -2.52. The van der Waals surface area contributed by atoms with Crippen LogP contribution in [0.3, 0.4) is 0 Å². The van der Waals surface area contributed by atoms with Crippen LogP contribution in [0, 0.1) is 0 Å². The SMILES string of the molecule is C[C@@H]1O[C@@H](OC[C@H]2O[C@](O)(C3O[C@@H](C)[C@H](O)[C@@H](O)[C@H]3O)[C@H](O)[C@@H](O)[C@@H]2O)[C@H](O)[C@H](O)[C@H]1O. The minimum Gasteiger partial charge on any atom is -0.388 e. The quantitative estimate of drug-likeness (QED) is 0.183. The molecule has 3 fully saturated rings. The van der Waals surface area contributed by atoms with Gasteiger partial charge in [-0.25, -0.2) is 0 Å². The highest BCUT2D eigenvalue weighted by atomic mass is 16.7. The minimum atomic E-state index is -2.85. The maximum Gasteiger partial charge on any atom is 0.225 e. The van der Waals surface area contributed by atoms with Crippen molar-refractivity contribution in [1.82, 2.24) is 0 Å². The molecule has 3 rings (SSSR count). The Morgan fingerprint density at radius 2 is 1.19 bits per heavy atom. The van der Waals surface area contributed by atoms with Crippen LogP contribution in [0.2, 0.25) is 0 Å². The van der Waals surface area contributed by atoms with Crippen LogP contribution in [0.5, 0.6) is 0 Å². The number of ether oxygens (including phenoxy) is 4. The summed E-state index contributed by atoms with van der Waals surface area (Å²) in [6.45, 7) is 2.11. The largest absolute Gasteiger partial charge is 0.388 e.